The second kappa shape index (κ2) is 6.35. The van der Waals surface area contributed by atoms with Gasteiger partial charge in [0, 0.05) is 24.9 Å². The first-order valence-electron chi connectivity index (χ1n) is 7.01. The summed E-state index contributed by atoms with van der Waals surface area (Å²) < 4.78 is 25.5. The Morgan fingerprint density at radius 2 is 2.26 bits per heavy atom. The number of carbonyl (C=O) groups is 1. The highest BCUT2D eigenvalue weighted by Crippen LogP contribution is 2.24. The van der Waals surface area contributed by atoms with Gasteiger partial charge in [-0.3, -0.25) is 9.48 Å². The van der Waals surface area contributed by atoms with Gasteiger partial charge in [-0.05, 0) is 25.1 Å². The Labute approximate surface area is 131 Å². The molecule has 1 N–H and O–H groups in total. The second-order valence-corrected chi connectivity index (χ2v) is 4.72. The topological polar surface area (TPSA) is 69.3 Å². The minimum absolute atomic E-state index is 0.0839. The minimum Gasteiger partial charge on any atom is -0.426 e. The van der Waals surface area contributed by atoms with Crippen LogP contribution in [0.1, 0.15) is 17.5 Å². The van der Waals surface area contributed by atoms with Gasteiger partial charge in [0.2, 0.25) is 0 Å². The molecule has 0 aliphatic rings. The number of amides is 1. The number of hydrogen-bond donors (Lipinski definition) is 1. The molecule has 0 radical (unpaired) electrons. The number of hydrogen-bond acceptors (Lipinski definition) is 4. The normalized spacial score (nSPS) is 10.5. The molecule has 0 aliphatic carbocycles. The average Bonchev–Trinajstić information content (AvgIpc) is 3.16. The Hall–Kier alpha value is -3.09. The fourth-order valence-electron chi connectivity index (χ4n) is 1.94. The zero-order chi connectivity index (χ0) is 16.2. The molecular weight excluding hydrogens is 301 g/mol. The number of anilines is 1. The van der Waals surface area contributed by atoms with Crippen molar-refractivity contribution in [3.05, 3.63) is 60.4 Å². The third-order valence-corrected chi connectivity index (χ3v) is 3.03. The van der Waals surface area contributed by atoms with Crippen LogP contribution in [0.4, 0.5) is 10.1 Å². The van der Waals surface area contributed by atoms with Crippen LogP contribution in [0.15, 0.2) is 53.2 Å². The first-order chi connectivity index (χ1) is 11.1. The molecule has 0 atom stereocenters. The summed E-state index contributed by atoms with van der Waals surface area (Å²) in [5, 5.41) is 6.73. The maximum atomic E-state index is 13.1. The molecule has 0 aliphatic heterocycles. The van der Waals surface area contributed by atoms with Crippen LogP contribution in [0.5, 0.6) is 11.7 Å². The van der Waals surface area contributed by atoms with Crippen molar-refractivity contribution in [2.45, 2.75) is 13.5 Å². The first kappa shape index (κ1) is 14.8. The number of nitrogens with zero attached hydrogens (tertiary/aromatic N) is 2. The average molecular weight is 315 g/mol. The van der Waals surface area contributed by atoms with Crippen LogP contribution in [0.3, 0.4) is 0 Å². The van der Waals surface area contributed by atoms with Gasteiger partial charge in [0.1, 0.15) is 11.6 Å². The molecule has 118 valence electrons. The molecule has 1 aromatic carbocycles. The van der Waals surface area contributed by atoms with E-state index in [9.17, 15) is 9.18 Å². The lowest BCUT2D eigenvalue weighted by Gasteiger charge is -2.02. The zero-order valence-corrected chi connectivity index (χ0v) is 12.3. The van der Waals surface area contributed by atoms with E-state index in [0.29, 0.717) is 12.2 Å². The Morgan fingerprint density at radius 3 is 3.00 bits per heavy atom. The molecule has 2 aromatic heterocycles. The number of nitrogens with one attached hydrogen (secondary N) is 1. The molecule has 2 heterocycles. The van der Waals surface area contributed by atoms with Crippen molar-refractivity contribution >= 4 is 11.6 Å². The number of carbonyl (C=O) groups excluding carboxylic acids is 1. The molecule has 0 spiro atoms. The maximum absolute atomic E-state index is 13.1. The third-order valence-electron chi connectivity index (χ3n) is 3.03. The van der Waals surface area contributed by atoms with Gasteiger partial charge in [0.05, 0.1) is 11.9 Å². The summed E-state index contributed by atoms with van der Waals surface area (Å²) in [6.07, 6.45) is 3.26. The van der Waals surface area contributed by atoms with Crippen molar-refractivity contribution in [1.82, 2.24) is 9.78 Å². The molecule has 3 aromatic rings. The first-order valence-corrected chi connectivity index (χ1v) is 7.01. The lowest BCUT2D eigenvalue weighted by atomic mass is 10.3. The monoisotopic (exact) mass is 315 g/mol. The molecule has 0 saturated heterocycles. The lowest BCUT2D eigenvalue weighted by Crippen LogP contribution is -2.10. The molecule has 6 nitrogen and oxygen atoms in total. The van der Waals surface area contributed by atoms with Gasteiger partial charge >= 0.3 is 0 Å². The van der Waals surface area contributed by atoms with Gasteiger partial charge in [-0.1, -0.05) is 6.07 Å². The quantitative estimate of drug-likeness (QED) is 0.780. The predicted octanol–water partition coefficient (Wildman–Crippen LogP) is 3.68. The fraction of sp³-hybridized carbons (Fsp3) is 0.125. The highest BCUT2D eigenvalue weighted by molar-refractivity contribution is 6.02. The van der Waals surface area contributed by atoms with E-state index in [2.05, 4.69) is 10.4 Å². The second-order valence-electron chi connectivity index (χ2n) is 4.72. The molecule has 7 heteroatoms. The minimum atomic E-state index is -0.422. The summed E-state index contributed by atoms with van der Waals surface area (Å²) in [5.74, 6) is -0.365. The molecule has 0 saturated carbocycles. The highest BCUT2D eigenvalue weighted by Gasteiger charge is 2.13. The number of ether oxygens (including phenoxy) is 1. The fourth-order valence-corrected chi connectivity index (χ4v) is 1.94. The van der Waals surface area contributed by atoms with E-state index in [1.165, 1.54) is 30.3 Å². The summed E-state index contributed by atoms with van der Waals surface area (Å²) in [6.45, 7) is 2.66. The van der Waals surface area contributed by atoms with E-state index >= 15 is 0 Å². The van der Waals surface area contributed by atoms with Gasteiger partial charge in [0.25, 0.3) is 11.9 Å². The molecule has 3 rings (SSSR count). The van der Waals surface area contributed by atoms with Crippen LogP contribution in [-0.2, 0) is 6.54 Å². The smallest absolute Gasteiger partial charge is 0.291 e. The Kier molecular flexibility index (Phi) is 4.09. The van der Waals surface area contributed by atoms with Crippen LogP contribution in [0.2, 0.25) is 0 Å². The molecular formula is C16H14FN3O3. The highest BCUT2D eigenvalue weighted by atomic mass is 19.1. The Morgan fingerprint density at radius 1 is 1.39 bits per heavy atom. The number of aryl methyl sites for hydroxylation is 1. The molecule has 0 bridgehead atoms. The van der Waals surface area contributed by atoms with E-state index < -0.39 is 11.7 Å². The Bertz CT molecular complexity index is 825. The molecule has 1 amide bonds. The van der Waals surface area contributed by atoms with Crippen molar-refractivity contribution in [3.63, 3.8) is 0 Å². The Balaban J connectivity index is 1.67. The SMILES string of the molecule is CCn1cc(NC(=O)c2ccc(Oc3cccc(F)c3)o2)cn1. The molecule has 0 fully saturated rings. The summed E-state index contributed by atoms with van der Waals surface area (Å²) in [4.78, 5) is 12.1. The van der Waals surface area contributed by atoms with E-state index in [-0.39, 0.29) is 17.5 Å². The van der Waals surface area contributed by atoms with Crippen molar-refractivity contribution in [2.24, 2.45) is 0 Å². The lowest BCUT2D eigenvalue weighted by molar-refractivity contribution is 0.0991. The van der Waals surface area contributed by atoms with Gasteiger partial charge < -0.3 is 14.5 Å². The maximum Gasteiger partial charge on any atom is 0.291 e. The number of aromatic nitrogens is 2. The van der Waals surface area contributed by atoms with Gasteiger partial charge in [-0.25, -0.2) is 4.39 Å². The van der Waals surface area contributed by atoms with E-state index in [1.807, 2.05) is 6.92 Å². The van der Waals surface area contributed by atoms with Crippen LogP contribution in [0, 0.1) is 5.82 Å². The summed E-state index contributed by atoms with van der Waals surface area (Å²) in [5.41, 5.74) is 0.570. The van der Waals surface area contributed by atoms with E-state index in [4.69, 9.17) is 9.15 Å². The van der Waals surface area contributed by atoms with Crippen LogP contribution < -0.4 is 10.1 Å². The van der Waals surface area contributed by atoms with E-state index in [0.717, 1.165) is 0 Å². The van der Waals surface area contributed by atoms with Crippen LogP contribution in [-0.4, -0.2) is 15.7 Å². The van der Waals surface area contributed by atoms with Crippen molar-refractivity contribution in [3.8, 4) is 11.7 Å². The number of furan rings is 1. The van der Waals surface area contributed by atoms with Crippen molar-refractivity contribution in [1.29, 1.82) is 0 Å². The van der Waals surface area contributed by atoms with E-state index in [1.54, 1.807) is 23.1 Å². The molecule has 0 unspecified atom stereocenters. The number of rotatable bonds is 5. The summed E-state index contributed by atoms with van der Waals surface area (Å²) >= 11 is 0. The standard InChI is InChI=1S/C16H14FN3O3/c1-2-20-10-12(9-18-20)19-16(21)14-6-7-15(23-14)22-13-5-3-4-11(17)8-13/h3-10H,2H2,1H3,(H,19,21). The van der Waals surface area contributed by atoms with Crippen molar-refractivity contribution in [2.75, 3.05) is 5.32 Å². The predicted molar refractivity (Wildman–Crippen MR) is 81.0 cm³/mol. The zero-order valence-electron chi connectivity index (χ0n) is 12.3. The summed E-state index contributed by atoms with van der Waals surface area (Å²) in [7, 11) is 0. The van der Waals surface area contributed by atoms with Crippen LogP contribution >= 0.6 is 0 Å². The summed E-state index contributed by atoms with van der Waals surface area (Å²) in [6, 6.07) is 8.62. The largest absolute Gasteiger partial charge is 0.426 e. The number of benzene rings is 1. The van der Waals surface area contributed by atoms with Crippen molar-refractivity contribution < 1.29 is 18.3 Å². The van der Waals surface area contributed by atoms with Crippen LogP contribution in [0.25, 0.3) is 0 Å². The number of halogens is 1. The van der Waals surface area contributed by atoms with Gasteiger partial charge in [-0.15, -0.1) is 0 Å². The molecule has 23 heavy (non-hydrogen) atoms. The van der Waals surface area contributed by atoms with Gasteiger partial charge in [-0.2, -0.15) is 5.10 Å². The third kappa shape index (κ3) is 3.57. The van der Waals surface area contributed by atoms with Gasteiger partial charge in [0.15, 0.2) is 5.76 Å².